The number of fused-ring (bicyclic) bond motifs is 3. The van der Waals surface area contributed by atoms with Gasteiger partial charge in [0.05, 0.1) is 11.4 Å². The minimum atomic E-state index is -0.456. The molecule has 23 heavy (non-hydrogen) atoms. The second kappa shape index (κ2) is 4.98. The van der Waals surface area contributed by atoms with Crippen LogP contribution >= 0.6 is 0 Å². The maximum absolute atomic E-state index is 12.6. The van der Waals surface area contributed by atoms with E-state index in [1.165, 1.54) is 0 Å². The van der Waals surface area contributed by atoms with E-state index in [4.69, 9.17) is 4.52 Å². The molecule has 2 N–H and O–H groups in total. The standard InChI is InChI=1S/C16H14N4O3/c1-9-8-13(23-19-9)18-16(22)14-11(21)6-5-10-15(14)17-12-4-2-3-7-20(10)12/h2-4,7-8,21H,5-6H2,1H3,(H,18,22). The highest BCUT2D eigenvalue weighted by Gasteiger charge is 2.29. The van der Waals surface area contributed by atoms with Gasteiger partial charge in [0.15, 0.2) is 0 Å². The van der Waals surface area contributed by atoms with Gasteiger partial charge < -0.3 is 14.0 Å². The van der Waals surface area contributed by atoms with Gasteiger partial charge in [-0.1, -0.05) is 11.2 Å². The predicted octanol–water partition coefficient (Wildman–Crippen LogP) is 2.48. The molecule has 0 radical (unpaired) electrons. The van der Waals surface area contributed by atoms with Crippen molar-refractivity contribution in [1.29, 1.82) is 0 Å². The number of imidazole rings is 1. The summed E-state index contributed by atoms with van der Waals surface area (Å²) >= 11 is 0. The molecule has 3 aromatic heterocycles. The van der Waals surface area contributed by atoms with Gasteiger partial charge in [-0.25, -0.2) is 4.98 Å². The highest BCUT2D eigenvalue weighted by Crippen LogP contribution is 2.31. The molecule has 1 aliphatic rings. The van der Waals surface area contributed by atoms with Crippen molar-refractivity contribution in [2.24, 2.45) is 0 Å². The lowest BCUT2D eigenvalue weighted by Crippen LogP contribution is -2.19. The Balaban J connectivity index is 1.77. The summed E-state index contributed by atoms with van der Waals surface area (Å²) in [6, 6.07) is 7.27. The summed E-state index contributed by atoms with van der Waals surface area (Å²) in [4.78, 5) is 17.1. The smallest absolute Gasteiger partial charge is 0.263 e. The molecule has 0 aromatic carbocycles. The molecule has 7 heteroatoms. The molecule has 0 atom stereocenters. The number of hydrogen-bond donors (Lipinski definition) is 2. The molecule has 0 aliphatic heterocycles. The topological polar surface area (TPSA) is 92.7 Å². The molecule has 3 heterocycles. The molecule has 0 saturated carbocycles. The number of anilines is 1. The van der Waals surface area contributed by atoms with Gasteiger partial charge in [-0.2, -0.15) is 0 Å². The van der Waals surface area contributed by atoms with Crippen LogP contribution in [0.5, 0.6) is 0 Å². The SMILES string of the molecule is Cc1cc(NC(=O)C2=C(O)CCc3c2nc2ccccn32)on1. The maximum Gasteiger partial charge on any atom is 0.263 e. The van der Waals surface area contributed by atoms with Crippen molar-refractivity contribution in [3.63, 3.8) is 0 Å². The van der Waals surface area contributed by atoms with Crippen molar-refractivity contribution in [3.8, 4) is 0 Å². The van der Waals surface area contributed by atoms with Gasteiger partial charge in [-0.05, 0) is 25.5 Å². The number of aliphatic hydroxyl groups is 1. The summed E-state index contributed by atoms with van der Waals surface area (Å²) < 4.78 is 6.93. The van der Waals surface area contributed by atoms with Crippen LogP contribution in [-0.4, -0.2) is 25.6 Å². The molecule has 0 spiro atoms. The number of hydrogen-bond acceptors (Lipinski definition) is 5. The lowest BCUT2D eigenvalue weighted by atomic mass is 9.97. The van der Waals surface area contributed by atoms with Crippen LogP contribution in [0.2, 0.25) is 0 Å². The minimum absolute atomic E-state index is 0.0367. The number of rotatable bonds is 2. The Labute approximate surface area is 131 Å². The van der Waals surface area contributed by atoms with Crippen molar-refractivity contribution < 1.29 is 14.4 Å². The molecule has 4 rings (SSSR count). The first-order chi connectivity index (χ1) is 11.1. The van der Waals surface area contributed by atoms with Gasteiger partial charge in [0.1, 0.15) is 22.7 Å². The first-order valence-electron chi connectivity index (χ1n) is 7.26. The lowest BCUT2D eigenvalue weighted by Gasteiger charge is -2.15. The van der Waals surface area contributed by atoms with E-state index in [1.807, 2.05) is 28.8 Å². The molecular formula is C16H14N4O3. The van der Waals surface area contributed by atoms with E-state index in [0.717, 1.165) is 11.3 Å². The van der Waals surface area contributed by atoms with Crippen molar-refractivity contribution in [1.82, 2.24) is 14.5 Å². The second-order valence-electron chi connectivity index (χ2n) is 5.44. The number of nitrogens with zero attached hydrogens (tertiary/aromatic N) is 3. The second-order valence-corrected chi connectivity index (χ2v) is 5.44. The van der Waals surface area contributed by atoms with Crippen LogP contribution in [-0.2, 0) is 11.2 Å². The molecular weight excluding hydrogens is 296 g/mol. The van der Waals surface area contributed by atoms with Crippen LogP contribution in [0.15, 0.2) is 40.7 Å². The fraction of sp³-hybridized carbons (Fsp3) is 0.188. The summed E-state index contributed by atoms with van der Waals surface area (Å²) in [5.41, 5.74) is 3.01. The first kappa shape index (κ1) is 13.6. The van der Waals surface area contributed by atoms with Crippen LogP contribution in [0.3, 0.4) is 0 Å². The Morgan fingerprint density at radius 1 is 1.39 bits per heavy atom. The Hall–Kier alpha value is -3.09. The van der Waals surface area contributed by atoms with E-state index in [-0.39, 0.29) is 17.2 Å². The molecule has 0 unspecified atom stereocenters. The number of pyridine rings is 1. The van der Waals surface area contributed by atoms with Gasteiger partial charge in [0.2, 0.25) is 5.88 Å². The van der Waals surface area contributed by atoms with E-state index >= 15 is 0 Å². The number of nitrogens with one attached hydrogen (secondary N) is 1. The number of carbonyl (C=O) groups excluding carboxylic acids is 1. The zero-order chi connectivity index (χ0) is 16.0. The summed E-state index contributed by atoms with van der Waals surface area (Å²) in [5, 5.41) is 16.6. The summed E-state index contributed by atoms with van der Waals surface area (Å²) in [5.74, 6) is -0.179. The summed E-state index contributed by atoms with van der Waals surface area (Å²) in [6.45, 7) is 1.76. The van der Waals surface area contributed by atoms with Gasteiger partial charge in [0.25, 0.3) is 5.91 Å². The summed E-state index contributed by atoms with van der Waals surface area (Å²) in [7, 11) is 0. The number of aryl methyl sites for hydroxylation is 2. The van der Waals surface area contributed by atoms with Crippen LogP contribution in [0.4, 0.5) is 5.88 Å². The molecule has 0 fully saturated rings. The number of amides is 1. The highest BCUT2D eigenvalue weighted by molar-refractivity contribution is 6.25. The number of aliphatic hydroxyl groups excluding tert-OH is 1. The number of aromatic nitrogens is 3. The van der Waals surface area contributed by atoms with Crippen molar-refractivity contribution in [3.05, 3.63) is 53.3 Å². The van der Waals surface area contributed by atoms with Crippen molar-refractivity contribution in [2.45, 2.75) is 19.8 Å². The average Bonchev–Trinajstić information content (AvgIpc) is 3.10. The Morgan fingerprint density at radius 2 is 2.26 bits per heavy atom. The van der Waals surface area contributed by atoms with Gasteiger partial charge in [-0.15, -0.1) is 0 Å². The van der Waals surface area contributed by atoms with Crippen molar-refractivity contribution in [2.75, 3.05) is 5.32 Å². The highest BCUT2D eigenvalue weighted by atomic mass is 16.5. The third-order valence-corrected chi connectivity index (χ3v) is 3.84. The summed E-state index contributed by atoms with van der Waals surface area (Å²) in [6.07, 6.45) is 2.93. The van der Waals surface area contributed by atoms with E-state index in [0.29, 0.717) is 24.2 Å². The molecule has 0 bridgehead atoms. The zero-order valence-electron chi connectivity index (χ0n) is 12.4. The zero-order valence-corrected chi connectivity index (χ0v) is 12.4. The first-order valence-corrected chi connectivity index (χ1v) is 7.26. The molecule has 7 nitrogen and oxygen atoms in total. The quantitative estimate of drug-likeness (QED) is 0.758. The Morgan fingerprint density at radius 3 is 3.04 bits per heavy atom. The van der Waals surface area contributed by atoms with E-state index in [2.05, 4.69) is 15.5 Å². The number of allylic oxidation sites excluding steroid dienone is 1. The monoisotopic (exact) mass is 310 g/mol. The Kier molecular flexibility index (Phi) is 2.94. The van der Waals surface area contributed by atoms with E-state index in [1.54, 1.807) is 13.0 Å². The maximum atomic E-state index is 12.6. The predicted molar refractivity (Wildman–Crippen MR) is 82.9 cm³/mol. The third-order valence-electron chi connectivity index (χ3n) is 3.84. The largest absolute Gasteiger partial charge is 0.511 e. The van der Waals surface area contributed by atoms with Crippen LogP contribution < -0.4 is 5.32 Å². The normalized spacial score (nSPS) is 14.1. The molecule has 116 valence electrons. The average molecular weight is 310 g/mol. The fourth-order valence-corrected chi connectivity index (χ4v) is 2.82. The lowest BCUT2D eigenvalue weighted by molar-refractivity contribution is -0.111. The van der Waals surface area contributed by atoms with Gasteiger partial charge >= 0.3 is 0 Å². The number of carbonyl (C=O) groups is 1. The van der Waals surface area contributed by atoms with Crippen LogP contribution in [0.1, 0.15) is 23.5 Å². The Bertz CT molecular complexity index is 951. The molecule has 1 aliphatic carbocycles. The van der Waals surface area contributed by atoms with E-state index < -0.39 is 5.91 Å². The minimum Gasteiger partial charge on any atom is -0.511 e. The van der Waals surface area contributed by atoms with Gasteiger partial charge in [0, 0.05) is 18.7 Å². The molecule has 0 saturated heterocycles. The molecule has 1 amide bonds. The molecule has 3 aromatic rings. The van der Waals surface area contributed by atoms with Crippen molar-refractivity contribution >= 4 is 23.0 Å². The fourth-order valence-electron chi connectivity index (χ4n) is 2.82. The van der Waals surface area contributed by atoms with E-state index in [9.17, 15) is 9.90 Å². The van der Waals surface area contributed by atoms with Crippen LogP contribution in [0.25, 0.3) is 11.2 Å². The van der Waals surface area contributed by atoms with Crippen LogP contribution in [0, 0.1) is 6.92 Å². The third kappa shape index (κ3) is 2.17. The van der Waals surface area contributed by atoms with Gasteiger partial charge in [-0.3, -0.25) is 10.1 Å².